The molecular weight excluding hydrogens is 160 g/mol. The molecule has 9 heavy (non-hydrogen) atoms. The molecule has 0 heterocycles. The Morgan fingerprint density at radius 1 is 1.00 bits per heavy atom. The SMILES string of the molecule is CO[SiH](O)O[SiH](O)OC. The summed E-state index contributed by atoms with van der Waals surface area (Å²) in [5, 5.41) is 0. The second kappa shape index (κ2) is 5.05. The molecular formula is C2H10O5Si2. The highest BCUT2D eigenvalue weighted by Gasteiger charge is 2.15. The molecule has 0 radical (unpaired) electrons. The second-order valence-corrected chi connectivity index (χ2v) is 4.48. The first kappa shape index (κ1) is 9.23. The molecule has 0 aromatic heterocycles. The minimum atomic E-state index is -2.57. The third-order valence-electron chi connectivity index (χ3n) is 0.636. The fraction of sp³-hybridized carbons (Fsp3) is 1.00. The van der Waals surface area contributed by atoms with Crippen LogP contribution in [0.2, 0.25) is 0 Å². The van der Waals surface area contributed by atoms with E-state index in [0.29, 0.717) is 0 Å². The molecule has 7 heteroatoms. The minimum Gasteiger partial charge on any atom is -0.393 e. The van der Waals surface area contributed by atoms with Crippen LogP contribution in [0.5, 0.6) is 0 Å². The molecule has 0 spiro atoms. The van der Waals surface area contributed by atoms with Gasteiger partial charge in [0.15, 0.2) is 0 Å². The molecule has 2 N–H and O–H groups in total. The number of rotatable bonds is 4. The molecule has 0 bridgehead atoms. The van der Waals surface area contributed by atoms with Crippen LogP contribution in [-0.2, 0) is 13.0 Å². The van der Waals surface area contributed by atoms with Gasteiger partial charge in [-0.15, -0.1) is 0 Å². The predicted octanol–water partition coefficient (Wildman–Crippen LogP) is -2.29. The Bertz CT molecular complexity index is 62.0. The fourth-order valence-electron chi connectivity index (χ4n) is 0.211. The first-order valence-corrected chi connectivity index (χ1v) is 5.19. The minimum absolute atomic E-state index is 1.31. The zero-order valence-corrected chi connectivity index (χ0v) is 7.58. The van der Waals surface area contributed by atoms with Crippen LogP contribution in [0, 0.1) is 0 Å². The number of hydrogen-bond donors (Lipinski definition) is 2. The average molecular weight is 170 g/mol. The van der Waals surface area contributed by atoms with Gasteiger partial charge < -0.3 is 22.6 Å². The van der Waals surface area contributed by atoms with Gasteiger partial charge in [-0.25, -0.2) is 0 Å². The monoisotopic (exact) mass is 170 g/mol. The molecule has 2 unspecified atom stereocenters. The Kier molecular flexibility index (Phi) is 5.18. The smallest absolute Gasteiger partial charge is 0.393 e. The quantitative estimate of drug-likeness (QED) is 0.465. The molecule has 0 aromatic carbocycles. The van der Waals surface area contributed by atoms with Crippen LogP contribution >= 0.6 is 0 Å². The molecule has 0 fully saturated rings. The summed E-state index contributed by atoms with van der Waals surface area (Å²) in [6.45, 7) is 0. The van der Waals surface area contributed by atoms with Gasteiger partial charge in [0.2, 0.25) is 0 Å². The van der Waals surface area contributed by atoms with E-state index in [2.05, 4.69) is 13.0 Å². The lowest BCUT2D eigenvalue weighted by molar-refractivity contribution is 0.169. The van der Waals surface area contributed by atoms with Gasteiger partial charge >= 0.3 is 19.1 Å². The van der Waals surface area contributed by atoms with Gasteiger partial charge in [0.1, 0.15) is 0 Å². The molecule has 0 amide bonds. The van der Waals surface area contributed by atoms with Gasteiger partial charge in [-0.05, 0) is 0 Å². The highest BCUT2D eigenvalue weighted by molar-refractivity contribution is 6.50. The summed E-state index contributed by atoms with van der Waals surface area (Å²) in [4.78, 5) is 17.3. The lowest BCUT2D eigenvalue weighted by Crippen LogP contribution is -2.32. The van der Waals surface area contributed by atoms with Crippen LogP contribution in [0.25, 0.3) is 0 Å². The summed E-state index contributed by atoms with van der Waals surface area (Å²) < 4.78 is 13.3. The summed E-state index contributed by atoms with van der Waals surface area (Å²) in [7, 11) is -2.51. The van der Waals surface area contributed by atoms with E-state index >= 15 is 0 Å². The van der Waals surface area contributed by atoms with Gasteiger partial charge in [0.05, 0.1) is 0 Å². The maximum Gasteiger partial charge on any atom is 0.473 e. The predicted molar refractivity (Wildman–Crippen MR) is 33.8 cm³/mol. The van der Waals surface area contributed by atoms with Crippen molar-refractivity contribution in [2.24, 2.45) is 0 Å². The van der Waals surface area contributed by atoms with Crippen molar-refractivity contribution in [1.82, 2.24) is 0 Å². The van der Waals surface area contributed by atoms with E-state index in [1.54, 1.807) is 0 Å². The maximum atomic E-state index is 8.65. The summed E-state index contributed by atoms with van der Waals surface area (Å²) in [6.07, 6.45) is 0. The van der Waals surface area contributed by atoms with Crippen LogP contribution in [0.1, 0.15) is 0 Å². The largest absolute Gasteiger partial charge is 0.473 e. The Morgan fingerprint density at radius 3 is 1.56 bits per heavy atom. The van der Waals surface area contributed by atoms with Gasteiger partial charge in [0.25, 0.3) is 0 Å². The van der Waals surface area contributed by atoms with E-state index < -0.39 is 19.1 Å². The van der Waals surface area contributed by atoms with Gasteiger partial charge in [-0.1, -0.05) is 0 Å². The highest BCUT2D eigenvalue weighted by Crippen LogP contribution is 1.85. The number of hydrogen-bond acceptors (Lipinski definition) is 5. The Balaban J connectivity index is 3.22. The van der Waals surface area contributed by atoms with Gasteiger partial charge in [-0.2, -0.15) is 0 Å². The van der Waals surface area contributed by atoms with Gasteiger partial charge in [-0.3, -0.25) is 0 Å². The first-order chi connectivity index (χ1) is 4.20. The van der Waals surface area contributed by atoms with E-state index in [1.165, 1.54) is 14.2 Å². The van der Waals surface area contributed by atoms with Crippen molar-refractivity contribution in [3.8, 4) is 0 Å². The topological polar surface area (TPSA) is 68.2 Å². The van der Waals surface area contributed by atoms with E-state index in [1.807, 2.05) is 0 Å². The highest BCUT2D eigenvalue weighted by atomic mass is 28.4. The molecule has 0 saturated carbocycles. The molecule has 5 nitrogen and oxygen atoms in total. The molecule has 0 aliphatic rings. The third kappa shape index (κ3) is 4.72. The molecule has 2 atom stereocenters. The van der Waals surface area contributed by atoms with E-state index in [4.69, 9.17) is 9.59 Å². The lowest BCUT2D eigenvalue weighted by atomic mass is 11.8. The molecule has 0 aliphatic carbocycles. The zero-order chi connectivity index (χ0) is 7.28. The first-order valence-electron chi connectivity index (χ1n) is 2.28. The molecule has 0 aliphatic heterocycles. The summed E-state index contributed by atoms with van der Waals surface area (Å²) in [6, 6.07) is 0. The van der Waals surface area contributed by atoms with Crippen LogP contribution in [0.15, 0.2) is 0 Å². The van der Waals surface area contributed by atoms with Crippen molar-refractivity contribution in [1.29, 1.82) is 0 Å². The average Bonchev–Trinajstić information content (AvgIpc) is 1.87. The van der Waals surface area contributed by atoms with Crippen LogP contribution < -0.4 is 0 Å². The van der Waals surface area contributed by atoms with Crippen LogP contribution in [0.4, 0.5) is 0 Å². The summed E-state index contributed by atoms with van der Waals surface area (Å²) in [5.41, 5.74) is 0. The second-order valence-electron chi connectivity index (χ2n) is 1.22. The van der Waals surface area contributed by atoms with Crippen molar-refractivity contribution in [2.75, 3.05) is 14.2 Å². The van der Waals surface area contributed by atoms with E-state index in [9.17, 15) is 0 Å². The van der Waals surface area contributed by atoms with Crippen molar-refractivity contribution < 1.29 is 22.6 Å². The molecule has 0 aromatic rings. The van der Waals surface area contributed by atoms with E-state index in [-0.39, 0.29) is 0 Å². The van der Waals surface area contributed by atoms with Crippen LogP contribution in [0.3, 0.4) is 0 Å². The van der Waals surface area contributed by atoms with Crippen molar-refractivity contribution in [3.63, 3.8) is 0 Å². The third-order valence-corrected chi connectivity index (χ3v) is 3.31. The van der Waals surface area contributed by atoms with Crippen LogP contribution in [-0.4, -0.2) is 42.9 Å². The fourth-order valence-corrected chi connectivity index (χ4v) is 1.90. The van der Waals surface area contributed by atoms with Crippen molar-refractivity contribution >= 4 is 19.1 Å². The maximum absolute atomic E-state index is 8.65. The zero-order valence-electron chi connectivity index (χ0n) is 5.27. The van der Waals surface area contributed by atoms with Crippen molar-refractivity contribution in [3.05, 3.63) is 0 Å². The van der Waals surface area contributed by atoms with E-state index in [0.717, 1.165) is 0 Å². The Labute approximate surface area is 56.7 Å². The summed E-state index contributed by atoms with van der Waals surface area (Å²) >= 11 is 0. The lowest BCUT2D eigenvalue weighted by Gasteiger charge is -2.09. The normalized spacial score (nSPS) is 17.3. The van der Waals surface area contributed by atoms with Gasteiger partial charge in [0, 0.05) is 14.2 Å². The standard InChI is InChI=1S/C2H10O5Si2/c1-5-8(3)7-9(4)6-2/h3-4,8-9H,1-2H3. The molecule has 0 saturated heterocycles. The van der Waals surface area contributed by atoms with Crippen molar-refractivity contribution in [2.45, 2.75) is 0 Å². The summed E-state index contributed by atoms with van der Waals surface area (Å²) in [5.74, 6) is 0. The molecule has 0 rings (SSSR count). The Hall–Kier alpha value is 0.234. The molecule has 56 valence electrons. The Morgan fingerprint density at radius 2 is 1.33 bits per heavy atom.